The number of aromatic nitrogens is 1. The van der Waals surface area contributed by atoms with Gasteiger partial charge in [0.2, 0.25) is 0 Å². The van der Waals surface area contributed by atoms with Gasteiger partial charge >= 0.3 is 0 Å². The molecular weight excluding hydrogens is 360 g/mol. The van der Waals surface area contributed by atoms with Gasteiger partial charge in [0.25, 0.3) is 10.0 Å². The highest BCUT2D eigenvalue weighted by Gasteiger charge is 2.14. The van der Waals surface area contributed by atoms with Gasteiger partial charge in [0.05, 0.1) is 11.1 Å². The van der Waals surface area contributed by atoms with Crippen LogP contribution in [0.2, 0.25) is 0 Å². The first kappa shape index (κ1) is 17.1. The van der Waals surface area contributed by atoms with Crippen LogP contribution >= 0.6 is 0 Å². The van der Waals surface area contributed by atoms with Gasteiger partial charge in [-0.2, -0.15) is 0 Å². The summed E-state index contributed by atoms with van der Waals surface area (Å²) in [6, 6.07) is 23.0. The minimum atomic E-state index is -3.68. The van der Waals surface area contributed by atoms with E-state index in [1.807, 2.05) is 24.3 Å². The van der Waals surface area contributed by atoms with Crippen molar-refractivity contribution in [3.8, 4) is 11.5 Å². The predicted octanol–water partition coefficient (Wildman–Crippen LogP) is 4.83. The minimum absolute atomic E-state index is 0.219. The lowest BCUT2D eigenvalue weighted by Crippen LogP contribution is -2.12. The van der Waals surface area contributed by atoms with Crippen molar-refractivity contribution in [2.24, 2.45) is 0 Å². The van der Waals surface area contributed by atoms with E-state index in [0.29, 0.717) is 17.2 Å². The van der Waals surface area contributed by atoms with E-state index in [2.05, 4.69) is 9.71 Å². The number of rotatable bonds is 5. The van der Waals surface area contributed by atoms with Gasteiger partial charge in [-0.05, 0) is 59.3 Å². The number of sulfonamides is 1. The summed E-state index contributed by atoms with van der Waals surface area (Å²) in [4.78, 5) is 4.20. The van der Waals surface area contributed by atoms with Crippen molar-refractivity contribution >= 4 is 26.5 Å². The second-order valence-electron chi connectivity index (χ2n) is 5.93. The lowest BCUT2D eigenvalue weighted by atomic mass is 10.1. The Hall–Kier alpha value is -3.38. The van der Waals surface area contributed by atoms with Crippen LogP contribution in [0.1, 0.15) is 0 Å². The van der Waals surface area contributed by atoms with E-state index >= 15 is 0 Å². The van der Waals surface area contributed by atoms with Gasteiger partial charge in [0, 0.05) is 11.9 Å². The van der Waals surface area contributed by atoms with Crippen molar-refractivity contribution < 1.29 is 13.2 Å². The summed E-state index contributed by atoms with van der Waals surface area (Å²) in [6.07, 6.45) is 3.27. The molecule has 27 heavy (non-hydrogen) atoms. The number of nitrogens with zero attached hydrogens (tertiary/aromatic N) is 1. The third-order valence-corrected chi connectivity index (χ3v) is 5.39. The van der Waals surface area contributed by atoms with Crippen LogP contribution in [0.3, 0.4) is 0 Å². The van der Waals surface area contributed by atoms with Crippen LogP contribution in [-0.4, -0.2) is 13.4 Å². The Labute approximate surface area is 157 Å². The molecule has 0 bridgehead atoms. The summed E-state index contributed by atoms with van der Waals surface area (Å²) >= 11 is 0. The molecule has 0 aliphatic carbocycles. The minimum Gasteiger partial charge on any atom is -0.456 e. The summed E-state index contributed by atoms with van der Waals surface area (Å²) in [7, 11) is -3.68. The van der Waals surface area contributed by atoms with Crippen LogP contribution in [0, 0.1) is 0 Å². The van der Waals surface area contributed by atoms with Crippen LogP contribution < -0.4 is 9.46 Å². The van der Waals surface area contributed by atoms with E-state index in [1.54, 1.807) is 67.0 Å². The van der Waals surface area contributed by atoms with Gasteiger partial charge in [-0.1, -0.05) is 30.3 Å². The smallest absolute Gasteiger partial charge is 0.261 e. The highest BCUT2D eigenvalue weighted by atomic mass is 32.2. The summed E-state index contributed by atoms with van der Waals surface area (Å²) in [5.41, 5.74) is 0.460. The molecule has 3 aromatic carbocycles. The molecule has 1 aromatic heterocycles. The number of hydrogen-bond acceptors (Lipinski definition) is 4. The zero-order chi connectivity index (χ0) is 18.7. The Morgan fingerprint density at radius 2 is 1.56 bits per heavy atom. The summed E-state index contributed by atoms with van der Waals surface area (Å²) in [6.45, 7) is 0. The molecule has 0 aliphatic rings. The van der Waals surface area contributed by atoms with Crippen molar-refractivity contribution in [3.63, 3.8) is 0 Å². The molecule has 0 radical (unpaired) electrons. The number of ether oxygens (including phenoxy) is 1. The number of anilines is 1. The third kappa shape index (κ3) is 3.91. The lowest BCUT2D eigenvalue weighted by Gasteiger charge is -2.10. The molecule has 134 valence electrons. The molecule has 0 unspecified atom stereocenters. The van der Waals surface area contributed by atoms with Crippen molar-refractivity contribution in [2.75, 3.05) is 4.72 Å². The van der Waals surface area contributed by atoms with Gasteiger partial charge in [0.1, 0.15) is 11.5 Å². The highest BCUT2D eigenvalue weighted by Crippen LogP contribution is 2.25. The van der Waals surface area contributed by atoms with Crippen LogP contribution in [-0.2, 0) is 10.0 Å². The summed E-state index contributed by atoms with van der Waals surface area (Å²) < 4.78 is 33.6. The number of nitrogens with one attached hydrogen (secondary N) is 1. The van der Waals surface area contributed by atoms with E-state index in [0.717, 1.165) is 10.8 Å². The molecular formula is C21H16N2O3S. The molecule has 0 amide bonds. The zero-order valence-corrected chi connectivity index (χ0v) is 15.1. The fourth-order valence-electron chi connectivity index (χ4n) is 2.68. The Kier molecular flexibility index (Phi) is 4.48. The molecule has 5 nitrogen and oxygen atoms in total. The van der Waals surface area contributed by atoms with Crippen molar-refractivity contribution in [2.45, 2.75) is 4.90 Å². The van der Waals surface area contributed by atoms with Gasteiger partial charge in [-0.25, -0.2) is 8.42 Å². The highest BCUT2D eigenvalue weighted by molar-refractivity contribution is 7.92. The maximum Gasteiger partial charge on any atom is 0.261 e. The maximum absolute atomic E-state index is 12.7. The first-order valence-electron chi connectivity index (χ1n) is 8.30. The second kappa shape index (κ2) is 7.09. The maximum atomic E-state index is 12.7. The standard InChI is InChI=1S/C21H16N2O3S/c24-27(25,21-12-7-16-4-1-2-5-17(16)14-21)23-18-8-10-19(11-9-18)26-20-6-3-13-22-15-20/h1-15,23H. The number of benzene rings is 3. The molecule has 1 heterocycles. The Bertz CT molecular complexity index is 1170. The largest absolute Gasteiger partial charge is 0.456 e. The average Bonchev–Trinajstić information content (AvgIpc) is 2.70. The van der Waals surface area contributed by atoms with Crippen LogP contribution in [0.25, 0.3) is 10.8 Å². The molecule has 0 saturated carbocycles. The predicted molar refractivity (Wildman–Crippen MR) is 106 cm³/mol. The number of pyridine rings is 1. The fourth-order valence-corrected chi connectivity index (χ4v) is 3.78. The number of hydrogen-bond donors (Lipinski definition) is 1. The molecule has 0 saturated heterocycles. The molecule has 0 fully saturated rings. The van der Waals surface area contributed by atoms with E-state index in [1.165, 1.54) is 0 Å². The first-order chi connectivity index (χ1) is 13.1. The molecule has 0 spiro atoms. The summed E-state index contributed by atoms with van der Waals surface area (Å²) in [5, 5.41) is 1.87. The van der Waals surface area contributed by atoms with Crippen LogP contribution in [0.15, 0.2) is 96.2 Å². The molecule has 6 heteroatoms. The third-order valence-electron chi connectivity index (χ3n) is 4.01. The van der Waals surface area contributed by atoms with Crippen molar-refractivity contribution in [1.29, 1.82) is 0 Å². The topological polar surface area (TPSA) is 68.3 Å². The Morgan fingerprint density at radius 3 is 2.30 bits per heavy atom. The molecule has 0 aliphatic heterocycles. The van der Waals surface area contributed by atoms with Crippen LogP contribution in [0.4, 0.5) is 5.69 Å². The van der Waals surface area contributed by atoms with Gasteiger partial charge in [0.15, 0.2) is 0 Å². The molecule has 4 rings (SSSR count). The monoisotopic (exact) mass is 376 g/mol. The zero-order valence-electron chi connectivity index (χ0n) is 14.2. The van der Waals surface area contributed by atoms with E-state index in [9.17, 15) is 8.42 Å². The lowest BCUT2D eigenvalue weighted by molar-refractivity contribution is 0.480. The van der Waals surface area contributed by atoms with Crippen molar-refractivity contribution in [1.82, 2.24) is 4.98 Å². The quantitative estimate of drug-likeness (QED) is 0.542. The number of fused-ring (bicyclic) bond motifs is 1. The SMILES string of the molecule is O=S(=O)(Nc1ccc(Oc2cccnc2)cc1)c1ccc2ccccc2c1. The molecule has 4 aromatic rings. The van der Waals surface area contributed by atoms with E-state index < -0.39 is 10.0 Å². The fraction of sp³-hybridized carbons (Fsp3) is 0. The molecule has 0 atom stereocenters. The Balaban J connectivity index is 1.53. The van der Waals surface area contributed by atoms with E-state index in [-0.39, 0.29) is 4.90 Å². The van der Waals surface area contributed by atoms with Gasteiger partial charge in [-0.3, -0.25) is 9.71 Å². The average molecular weight is 376 g/mol. The Morgan fingerprint density at radius 1 is 0.778 bits per heavy atom. The first-order valence-corrected chi connectivity index (χ1v) is 9.78. The van der Waals surface area contributed by atoms with E-state index in [4.69, 9.17) is 4.74 Å². The van der Waals surface area contributed by atoms with Gasteiger partial charge < -0.3 is 4.74 Å². The van der Waals surface area contributed by atoms with Crippen molar-refractivity contribution in [3.05, 3.63) is 91.3 Å². The molecule has 1 N–H and O–H groups in total. The summed E-state index contributed by atoms with van der Waals surface area (Å²) in [5.74, 6) is 1.21. The normalized spacial score (nSPS) is 11.3. The van der Waals surface area contributed by atoms with Gasteiger partial charge in [-0.15, -0.1) is 0 Å². The van der Waals surface area contributed by atoms with Crippen LogP contribution in [0.5, 0.6) is 11.5 Å². The second-order valence-corrected chi connectivity index (χ2v) is 7.61.